The molecule has 0 bridgehead atoms. The van der Waals surface area contributed by atoms with Crippen molar-refractivity contribution < 1.29 is 27.4 Å². The number of methoxy groups -OCH3 is 1. The number of carbonyl (C=O) groups excluding carboxylic acids is 1. The van der Waals surface area contributed by atoms with Gasteiger partial charge in [-0.15, -0.1) is 29.6 Å². The van der Waals surface area contributed by atoms with Gasteiger partial charge in [0.2, 0.25) is 0 Å². The molecule has 6 rings (SSSR count). The Bertz CT molecular complexity index is 1930. The average molecular weight is 649 g/mol. The summed E-state index contributed by atoms with van der Waals surface area (Å²) in [6.07, 6.45) is -2.45. The second-order valence-electron chi connectivity index (χ2n) is 11.3. The molecular weight excluding hydrogens is 617 g/mol. The van der Waals surface area contributed by atoms with Gasteiger partial charge in [0.1, 0.15) is 17.8 Å². The zero-order valence-corrected chi connectivity index (χ0v) is 26.3. The van der Waals surface area contributed by atoms with Gasteiger partial charge in [-0.25, -0.2) is 14.5 Å². The van der Waals surface area contributed by atoms with Crippen molar-refractivity contribution in [3.8, 4) is 34.3 Å². The number of ether oxygens (including phenoxy) is 2. The van der Waals surface area contributed by atoms with Crippen LogP contribution in [-0.2, 0) is 0 Å². The van der Waals surface area contributed by atoms with E-state index in [2.05, 4.69) is 39.0 Å². The second kappa shape index (κ2) is 12.5. The summed E-state index contributed by atoms with van der Waals surface area (Å²) in [6.45, 7) is 6.24. The second-order valence-corrected chi connectivity index (χ2v) is 12.1. The number of aromatic nitrogens is 4. The molecular formula is C33H31F3N6O3S. The predicted molar refractivity (Wildman–Crippen MR) is 168 cm³/mol. The Morgan fingerprint density at radius 2 is 1.78 bits per heavy atom. The average Bonchev–Trinajstić information content (AvgIpc) is 3.43. The lowest BCUT2D eigenvalue weighted by Gasteiger charge is -2.16. The maximum absolute atomic E-state index is 13.0. The minimum absolute atomic E-state index is 0.0227. The highest BCUT2D eigenvalue weighted by atomic mass is 32.1. The first kappa shape index (κ1) is 31.1. The number of rotatable bonds is 8. The van der Waals surface area contributed by atoms with Gasteiger partial charge >= 0.3 is 12.4 Å². The molecule has 1 fully saturated rings. The van der Waals surface area contributed by atoms with Crippen molar-refractivity contribution in [2.45, 2.75) is 51.4 Å². The molecule has 0 radical (unpaired) electrons. The number of aryl methyl sites for hydroxylation is 1. The quantitative estimate of drug-likeness (QED) is 0.191. The van der Waals surface area contributed by atoms with Crippen LogP contribution in [0.15, 0.2) is 83.4 Å². The number of thiazole rings is 1. The number of hydrogen-bond acceptors (Lipinski definition) is 6. The van der Waals surface area contributed by atoms with Crippen molar-refractivity contribution in [1.29, 1.82) is 0 Å². The number of alkyl halides is 3. The molecule has 3 aromatic carbocycles. The molecule has 13 heteroatoms. The standard InChI is InChI=1S/C33H31F3N6O3S/c1-19(2)26-15-25(44-4)13-14-29(26)42-20(3)17-46-32(42)39-31(43)38-28-16-27(28)21-5-7-22(8-6-21)30-37-18-41(40-30)23-9-11-24(12-10-23)45-33(34,35)36/h5-15,17-19,27-28H,16H2,1-4H3,(H,38,43). The Labute approximate surface area is 267 Å². The third kappa shape index (κ3) is 6.84. The lowest BCUT2D eigenvalue weighted by atomic mass is 10.0. The maximum Gasteiger partial charge on any atom is 0.573 e. The first-order chi connectivity index (χ1) is 22.0. The zero-order valence-electron chi connectivity index (χ0n) is 25.4. The van der Waals surface area contributed by atoms with Gasteiger partial charge in [0.25, 0.3) is 0 Å². The molecule has 0 saturated heterocycles. The summed E-state index contributed by atoms with van der Waals surface area (Å²) in [5, 5.41) is 9.50. The molecule has 2 aromatic heterocycles. The Morgan fingerprint density at radius 3 is 2.46 bits per heavy atom. The van der Waals surface area contributed by atoms with E-state index < -0.39 is 6.36 Å². The Balaban J connectivity index is 1.11. The molecule has 9 nitrogen and oxygen atoms in total. The van der Waals surface area contributed by atoms with Crippen LogP contribution in [0.1, 0.15) is 48.9 Å². The van der Waals surface area contributed by atoms with Crippen LogP contribution < -0.4 is 19.6 Å². The lowest BCUT2D eigenvalue weighted by Crippen LogP contribution is -2.27. The SMILES string of the molecule is COc1ccc(-n2c(C)csc2=NC(=O)NC2CC2c2ccc(-c3ncn(-c4ccc(OC(F)(F)F)cc4)n3)cc2)c(C(C)C)c1. The molecule has 1 aliphatic rings. The van der Waals surface area contributed by atoms with Gasteiger partial charge < -0.3 is 14.8 Å². The van der Waals surface area contributed by atoms with Gasteiger partial charge in [0, 0.05) is 28.6 Å². The van der Waals surface area contributed by atoms with Gasteiger partial charge in [0.05, 0.1) is 18.5 Å². The van der Waals surface area contributed by atoms with Crippen LogP contribution in [-0.4, -0.2) is 44.9 Å². The Kier molecular flexibility index (Phi) is 8.43. The van der Waals surface area contributed by atoms with Crippen molar-refractivity contribution in [3.05, 3.63) is 100 Å². The van der Waals surface area contributed by atoms with E-state index >= 15 is 0 Å². The van der Waals surface area contributed by atoms with E-state index in [9.17, 15) is 18.0 Å². The van der Waals surface area contributed by atoms with Gasteiger partial charge in [0.15, 0.2) is 10.6 Å². The summed E-state index contributed by atoms with van der Waals surface area (Å²) in [5.74, 6) is 1.35. The Morgan fingerprint density at radius 1 is 1.07 bits per heavy atom. The molecule has 5 aromatic rings. The number of benzene rings is 3. The number of carbonyl (C=O) groups is 1. The fourth-order valence-corrected chi connectivity index (χ4v) is 6.15. The van der Waals surface area contributed by atoms with Crippen LogP contribution in [0.4, 0.5) is 18.0 Å². The highest BCUT2D eigenvalue weighted by Gasteiger charge is 2.39. The van der Waals surface area contributed by atoms with Crippen molar-refractivity contribution >= 4 is 17.4 Å². The molecule has 46 heavy (non-hydrogen) atoms. The number of nitrogens with zero attached hydrogens (tertiary/aromatic N) is 5. The minimum atomic E-state index is -4.75. The van der Waals surface area contributed by atoms with Crippen molar-refractivity contribution in [2.24, 2.45) is 4.99 Å². The number of urea groups is 1. The van der Waals surface area contributed by atoms with E-state index in [1.165, 1.54) is 46.6 Å². The first-order valence-corrected chi connectivity index (χ1v) is 15.5. The highest BCUT2D eigenvalue weighted by Crippen LogP contribution is 2.41. The van der Waals surface area contributed by atoms with Crippen LogP contribution in [0.5, 0.6) is 11.5 Å². The molecule has 2 heterocycles. The summed E-state index contributed by atoms with van der Waals surface area (Å²) in [6, 6.07) is 18.7. The van der Waals surface area contributed by atoms with Gasteiger partial charge in [-0.2, -0.15) is 4.99 Å². The third-order valence-corrected chi connectivity index (χ3v) is 8.64. The topological polar surface area (TPSA) is 95.6 Å². The van der Waals surface area contributed by atoms with E-state index in [0.29, 0.717) is 16.3 Å². The summed E-state index contributed by atoms with van der Waals surface area (Å²) in [5.41, 5.74) is 5.46. The first-order valence-electron chi connectivity index (χ1n) is 14.6. The van der Waals surface area contributed by atoms with E-state index in [0.717, 1.165) is 40.2 Å². The van der Waals surface area contributed by atoms with E-state index in [4.69, 9.17) is 4.74 Å². The molecule has 1 N–H and O–H groups in total. The van der Waals surface area contributed by atoms with E-state index in [1.54, 1.807) is 7.11 Å². The molecule has 1 aliphatic carbocycles. The van der Waals surface area contributed by atoms with Crippen LogP contribution in [0.2, 0.25) is 0 Å². The van der Waals surface area contributed by atoms with Gasteiger partial charge in [-0.1, -0.05) is 38.1 Å². The van der Waals surface area contributed by atoms with Gasteiger partial charge in [-0.3, -0.25) is 4.57 Å². The molecule has 2 atom stereocenters. The molecule has 238 valence electrons. The third-order valence-electron chi connectivity index (χ3n) is 7.70. The summed E-state index contributed by atoms with van der Waals surface area (Å²) >= 11 is 1.42. The van der Waals surface area contributed by atoms with Crippen molar-refractivity contribution in [1.82, 2.24) is 24.6 Å². The Hall–Kier alpha value is -4.91. The predicted octanol–water partition coefficient (Wildman–Crippen LogP) is 7.29. The van der Waals surface area contributed by atoms with Crippen LogP contribution in [0.3, 0.4) is 0 Å². The summed E-state index contributed by atoms with van der Waals surface area (Å²) < 4.78 is 50.1. The van der Waals surface area contributed by atoms with Crippen molar-refractivity contribution in [3.63, 3.8) is 0 Å². The number of halogens is 3. The largest absolute Gasteiger partial charge is 0.573 e. The van der Waals surface area contributed by atoms with E-state index in [-0.39, 0.29) is 29.7 Å². The van der Waals surface area contributed by atoms with E-state index in [1.807, 2.05) is 59.3 Å². The number of hydrogen-bond donors (Lipinski definition) is 1. The molecule has 0 spiro atoms. The lowest BCUT2D eigenvalue weighted by molar-refractivity contribution is -0.274. The molecule has 1 saturated carbocycles. The molecule has 2 amide bonds. The normalized spacial score (nSPS) is 16.5. The van der Waals surface area contributed by atoms with Crippen LogP contribution in [0, 0.1) is 6.92 Å². The molecule has 0 aliphatic heterocycles. The maximum atomic E-state index is 13.0. The fraction of sp³-hybridized carbons (Fsp3) is 0.273. The zero-order chi connectivity index (χ0) is 32.6. The summed E-state index contributed by atoms with van der Waals surface area (Å²) in [4.78, 5) is 22.4. The summed E-state index contributed by atoms with van der Waals surface area (Å²) in [7, 11) is 1.65. The number of amides is 2. The minimum Gasteiger partial charge on any atom is -0.497 e. The highest BCUT2D eigenvalue weighted by molar-refractivity contribution is 7.07. The van der Waals surface area contributed by atoms with Gasteiger partial charge in [-0.05, 0) is 72.9 Å². The van der Waals surface area contributed by atoms with Crippen molar-refractivity contribution in [2.75, 3.05) is 7.11 Å². The smallest absolute Gasteiger partial charge is 0.497 e. The van der Waals surface area contributed by atoms with Crippen LogP contribution in [0.25, 0.3) is 22.8 Å². The number of nitrogens with one attached hydrogen (secondary N) is 1. The van der Waals surface area contributed by atoms with Crippen LogP contribution >= 0.6 is 11.3 Å². The monoisotopic (exact) mass is 648 g/mol. The molecule has 2 unspecified atom stereocenters. The fourth-order valence-electron chi connectivity index (χ4n) is 5.29.